The molecular formula is C26H34N4O3+2. The minimum atomic E-state index is -1.21. The molecule has 2 amide bonds. The van der Waals surface area contributed by atoms with Crippen molar-refractivity contribution in [2.75, 3.05) is 19.6 Å². The monoisotopic (exact) mass is 450 g/mol. The van der Waals surface area contributed by atoms with Crippen LogP contribution in [0.25, 0.3) is 0 Å². The van der Waals surface area contributed by atoms with Gasteiger partial charge in [0.1, 0.15) is 17.7 Å². The van der Waals surface area contributed by atoms with Crippen molar-refractivity contribution in [2.45, 2.75) is 77.0 Å². The number of amidine groups is 1. The molecule has 1 N–H and O–H groups in total. The third kappa shape index (κ3) is 2.78. The fraction of sp³-hybridized carbons (Fsp3) is 0.615. The molecule has 0 aromatic rings. The number of fused-ring (bicyclic) bond motifs is 4. The van der Waals surface area contributed by atoms with E-state index in [1.807, 2.05) is 11.1 Å². The van der Waals surface area contributed by atoms with Gasteiger partial charge in [0.05, 0.1) is 0 Å². The lowest BCUT2D eigenvalue weighted by atomic mass is 9.79. The van der Waals surface area contributed by atoms with Crippen molar-refractivity contribution in [2.24, 2.45) is 5.92 Å². The summed E-state index contributed by atoms with van der Waals surface area (Å²) in [6.07, 6.45) is 13.3. The Labute approximate surface area is 195 Å². The molecule has 2 saturated heterocycles. The van der Waals surface area contributed by atoms with Gasteiger partial charge in [-0.1, -0.05) is 29.1 Å². The summed E-state index contributed by atoms with van der Waals surface area (Å²) in [5, 5.41) is 10.7. The van der Waals surface area contributed by atoms with E-state index < -0.39 is 11.3 Å². The first-order chi connectivity index (χ1) is 15.7. The van der Waals surface area contributed by atoms with E-state index in [4.69, 9.17) is 0 Å². The van der Waals surface area contributed by atoms with Gasteiger partial charge < -0.3 is 10.0 Å². The summed E-state index contributed by atoms with van der Waals surface area (Å²) in [7, 11) is 0. The maximum atomic E-state index is 13.5. The Hall–Kier alpha value is -2.54. The van der Waals surface area contributed by atoms with Crippen LogP contribution in [0.5, 0.6) is 0 Å². The molecule has 7 heteroatoms. The zero-order valence-corrected chi connectivity index (χ0v) is 19.9. The maximum absolute atomic E-state index is 13.5. The first-order valence-electron chi connectivity index (χ1n) is 12.5. The van der Waals surface area contributed by atoms with Crippen LogP contribution in [0.4, 0.5) is 0 Å². The molecule has 6 aliphatic rings. The van der Waals surface area contributed by atoms with Gasteiger partial charge in [-0.15, -0.1) is 0 Å². The topological polar surface area (TPSA) is 66.9 Å². The fourth-order valence-electron chi connectivity index (χ4n) is 6.41. The molecule has 1 saturated carbocycles. The van der Waals surface area contributed by atoms with Gasteiger partial charge in [0.2, 0.25) is 5.71 Å². The minimum Gasteiger partial charge on any atom is -0.380 e. The number of carbonyl (C=O) groups is 2. The Bertz CT molecular complexity index is 1130. The van der Waals surface area contributed by atoms with Gasteiger partial charge in [-0.3, -0.25) is 14.5 Å². The van der Waals surface area contributed by atoms with Crippen LogP contribution in [-0.2, 0) is 9.59 Å². The molecule has 7 nitrogen and oxygen atoms in total. The van der Waals surface area contributed by atoms with Crippen LogP contribution in [0.15, 0.2) is 35.2 Å². The van der Waals surface area contributed by atoms with Gasteiger partial charge in [-0.2, -0.15) is 0 Å². The van der Waals surface area contributed by atoms with Crippen molar-refractivity contribution in [3.8, 4) is 0 Å². The largest absolute Gasteiger partial charge is 0.456 e. The van der Waals surface area contributed by atoms with E-state index in [1.165, 1.54) is 29.7 Å². The summed E-state index contributed by atoms with van der Waals surface area (Å²) in [4.78, 5) is 30.4. The highest BCUT2D eigenvalue weighted by Gasteiger charge is 2.68. The number of piperazine rings is 1. The molecule has 1 unspecified atom stereocenters. The number of aliphatic hydroxyl groups is 1. The van der Waals surface area contributed by atoms with Gasteiger partial charge in [0, 0.05) is 31.7 Å². The predicted octanol–water partition coefficient (Wildman–Crippen LogP) is 2.12. The Kier molecular flexibility index (Phi) is 4.45. The number of hydrogen-bond donors (Lipinski definition) is 1. The van der Waals surface area contributed by atoms with E-state index >= 15 is 0 Å². The number of hydrogen-bond acceptors (Lipinski definition) is 3. The lowest BCUT2D eigenvalue weighted by molar-refractivity contribution is -0.580. The second-order valence-electron chi connectivity index (χ2n) is 10.9. The molecule has 2 aliphatic carbocycles. The molecule has 0 spiro atoms. The van der Waals surface area contributed by atoms with E-state index in [0.29, 0.717) is 44.1 Å². The van der Waals surface area contributed by atoms with Crippen LogP contribution in [0, 0.1) is 5.92 Å². The van der Waals surface area contributed by atoms with Crippen LogP contribution >= 0.6 is 0 Å². The van der Waals surface area contributed by atoms with Gasteiger partial charge >= 0.3 is 17.4 Å². The van der Waals surface area contributed by atoms with E-state index in [1.54, 1.807) is 4.90 Å². The standard InChI is InChI=1S/C26H34N4O3/c1-17(2)19-14-20(18-8-5-4-6-9-18)28-15-21-23(31)29-13-12-27(24(32)26(33)10-7-11-26)16-25(29,3)30(21)22(19)28/h8,14-15,17,33H,4-7,9-13,16H2,1-3H3/q+2. The molecule has 3 fully saturated rings. The van der Waals surface area contributed by atoms with Crippen LogP contribution in [0.3, 0.4) is 0 Å². The third-order valence-electron chi connectivity index (χ3n) is 8.46. The highest BCUT2D eigenvalue weighted by molar-refractivity contribution is 6.17. The first kappa shape index (κ1) is 21.0. The van der Waals surface area contributed by atoms with Crippen molar-refractivity contribution >= 4 is 23.4 Å². The van der Waals surface area contributed by atoms with Gasteiger partial charge in [0.15, 0.2) is 0 Å². The maximum Gasteiger partial charge on any atom is 0.456 e. The van der Waals surface area contributed by atoms with E-state index in [9.17, 15) is 14.7 Å². The van der Waals surface area contributed by atoms with Crippen molar-refractivity contribution < 1.29 is 23.8 Å². The van der Waals surface area contributed by atoms with E-state index in [-0.39, 0.29) is 11.8 Å². The molecule has 1 atom stereocenters. The normalized spacial score (nSPS) is 30.2. The second kappa shape index (κ2) is 6.98. The number of rotatable bonds is 3. The predicted molar refractivity (Wildman–Crippen MR) is 124 cm³/mol. The van der Waals surface area contributed by atoms with Crippen molar-refractivity contribution in [3.05, 3.63) is 35.2 Å². The molecule has 6 rings (SSSR count). The number of nitrogens with zero attached hydrogens (tertiary/aromatic N) is 4. The van der Waals surface area contributed by atoms with Gasteiger partial charge in [-0.25, -0.2) is 0 Å². The Morgan fingerprint density at radius 1 is 1.18 bits per heavy atom. The van der Waals surface area contributed by atoms with Crippen molar-refractivity contribution in [1.82, 2.24) is 9.80 Å². The van der Waals surface area contributed by atoms with Crippen molar-refractivity contribution in [3.63, 3.8) is 0 Å². The molecular weight excluding hydrogens is 416 g/mol. The van der Waals surface area contributed by atoms with Crippen LogP contribution in [0.1, 0.15) is 65.7 Å². The molecule has 0 radical (unpaired) electrons. The lowest BCUT2D eigenvalue weighted by Crippen LogP contribution is -2.66. The molecule has 0 bridgehead atoms. The SMILES string of the molecule is CC(C)C1=CC(C2=CCCCC2)=[N+]2C=C3C(=O)N4CCN(C(=O)C5(O)CCC5)CC4(C)[N+]3=C12. The summed E-state index contributed by atoms with van der Waals surface area (Å²) < 4.78 is 4.41. The average Bonchev–Trinajstić information content (AvgIpc) is 3.40. The highest BCUT2D eigenvalue weighted by Crippen LogP contribution is 2.41. The Morgan fingerprint density at radius 2 is 1.97 bits per heavy atom. The Morgan fingerprint density at radius 3 is 2.61 bits per heavy atom. The molecule has 4 aliphatic heterocycles. The molecule has 0 aromatic carbocycles. The van der Waals surface area contributed by atoms with Gasteiger partial charge in [-0.05, 0) is 50.9 Å². The van der Waals surface area contributed by atoms with Crippen LogP contribution in [-0.4, -0.2) is 78.3 Å². The first-order valence-corrected chi connectivity index (χ1v) is 12.5. The molecule has 4 heterocycles. The summed E-state index contributed by atoms with van der Waals surface area (Å²) >= 11 is 0. The Balaban J connectivity index is 1.46. The molecule has 0 aromatic heterocycles. The van der Waals surface area contributed by atoms with E-state index in [2.05, 4.69) is 42.1 Å². The fourth-order valence-corrected chi connectivity index (χ4v) is 6.41. The molecule has 174 valence electrons. The minimum absolute atomic E-state index is 0.0361. The highest BCUT2D eigenvalue weighted by atomic mass is 16.3. The number of amides is 2. The van der Waals surface area contributed by atoms with E-state index in [0.717, 1.165) is 25.1 Å². The summed E-state index contributed by atoms with van der Waals surface area (Å²) in [5.74, 6) is 1.23. The van der Waals surface area contributed by atoms with Crippen molar-refractivity contribution in [1.29, 1.82) is 0 Å². The second-order valence-corrected chi connectivity index (χ2v) is 10.9. The zero-order valence-electron chi connectivity index (χ0n) is 19.9. The van der Waals surface area contributed by atoms with Crippen LogP contribution < -0.4 is 0 Å². The quantitative estimate of drug-likeness (QED) is 0.670. The summed E-state index contributed by atoms with van der Waals surface area (Å²) in [6.45, 7) is 7.84. The van der Waals surface area contributed by atoms with Gasteiger partial charge in [0.25, 0.3) is 17.8 Å². The average molecular weight is 451 g/mol. The lowest BCUT2D eigenvalue weighted by Gasteiger charge is -2.44. The smallest absolute Gasteiger partial charge is 0.380 e. The third-order valence-corrected chi connectivity index (χ3v) is 8.46. The summed E-state index contributed by atoms with van der Waals surface area (Å²) in [5.41, 5.74) is 2.63. The number of carbonyl (C=O) groups excluding carboxylic acids is 2. The molecule has 33 heavy (non-hydrogen) atoms. The number of allylic oxidation sites excluding steroid dienone is 3. The zero-order chi connectivity index (χ0) is 23.1. The van der Waals surface area contributed by atoms with Crippen LogP contribution in [0.2, 0.25) is 0 Å². The summed E-state index contributed by atoms with van der Waals surface area (Å²) in [6, 6.07) is 0.